The Kier molecular flexibility index (Phi) is 9.69. The van der Waals surface area contributed by atoms with Crippen LogP contribution in [0, 0.1) is 22.2 Å². The number of nitrogens with one attached hydrogen (secondary N) is 1. The third-order valence-corrected chi connectivity index (χ3v) is 4.87. The van der Waals surface area contributed by atoms with Crippen molar-refractivity contribution in [1.29, 1.82) is 0 Å². The van der Waals surface area contributed by atoms with Gasteiger partial charge in [0.05, 0.1) is 12.9 Å². The maximum Gasteiger partial charge on any atom is 0.229 e. The molecule has 0 unspecified atom stereocenters. The molecule has 0 aliphatic heterocycles. The minimum Gasteiger partial charge on any atom is -0.501 e. The van der Waals surface area contributed by atoms with E-state index in [1.165, 1.54) is 5.57 Å². The molecule has 0 radical (unpaired) electrons. The lowest BCUT2D eigenvalue weighted by Gasteiger charge is -2.32. The molecule has 26 heavy (non-hydrogen) atoms. The van der Waals surface area contributed by atoms with Crippen LogP contribution in [0.5, 0.6) is 0 Å². The standard InChI is InChI=1S/C23H43NO2/c1-18(2)12-11-15-26-17-22(7,8)13-14-23(9,10)19(3)16-24-20(25)21(4,5)6/h11,15-16,18H,12-14,17H2,1-10H3,(H,24,25)/b15-11+,19-16+. The number of rotatable bonds is 10. The Morgan fingerprint density at radius 3 is 2.12 bits per heavy atom. The van der Waals surface area contributed by atoms with Crippen molar-refractivity contribution < 1.29 is 9.53 Å². The van der Waals surface area contributed by atoms with Crippen molar-refractivity contribution in [3.8, 4) is 0 Å². The van der Waals surface area contributed by atoms with E-state index in [2.05, 4.69) is 59.9 Å². The van der Waals surface area contributed by atoms with Crippen LogP contribution in [0.25, 0.3) is 0 Å². The van der Waals surface area contributed by atoms with Gasteiger partial charge >= 0.3 is 0 Å². The summed E-state index contributed by atoms with van der Waals surface area (Å²) in [4.78, 5) is 12.0. The van der Waals surface area contributed by atoms with Crippen LogP contribution in [0.15, 0.2) is 24.1 Å². The number of carbonyl (C=O) groups is 1. The van der Waals surface area contributed by atoms with Crippen LogP contribution < -0.4 is 5.32 Å². The predicted molar refractivity (Wildman–Crippen MR) is 113 cm³/mol. The second-order valence-electron chi connectivity index (χ2n) is 10.4. The van der Waals surface area contributed by atoms with Gasteiger partial charge in [-0.05, 0) is 49.0 Å². The maximum absolute atomic E-state index is 12.0. The second-order valence-corrected chi connectivity index (χ2v) is 10.4. The summed E-state index contributed by atoms with van der Waals surface area (Å²) in [6.07, 6.45) is 9.00. The van der Waals surface area contributed by atoms with Crippen LogP contribution in [0.3, 0.4) is 0 Å². The minimum absolute atomic E-state index is 0.0376. The smallest absolute Gasteiger partial charge is 0.229 e. The quantitative estimate of drug-likeness (QED) is 0.451. The molecule has 0 aromatic carbocycles. The van der Waals surface area contributed by atoms with Crippen molar-refractivity contribution >= 4 is 5.91 Å². The first-order valence-corrected chi connectivity index (χ1v) is 9.92. The highest BCUT2D eigenvalue weighted by Crippen LogP contribution is 2.36. The summed E-state index contributed by atoms with van der Waals surface area (Å²) in [6, 6.07) is 0. The van der Waals surface area contributed by atoms with E-state index in [-0.39, 0.29) is 22.2 Å². The van der Waals surface area contributed by atoms with E-state index >= 15 is 0 Å². The minimum atomic E-state index is -0.372. The summed E-state index contributed by atoms with van der Waals surface area (Å²) in [6.45, 7) is 22.0. The van der Waals surface area contributed by atoms with E-state index in [1.807, 2.05) is 33.2 Å². The molecule has 0 aliphatic rings. The molecule has 0 atom stereocenters. The first-order chi connectivity index (χ1) is 11.7. The van der Waals surface area contributed by atoms with Crippen molar-refractivity contribution in [3.63, 3.8) is 0 Å². The van der Waals surface area contributed by atoms with Crippen LogP contribution in [0.1, 0.15) is 88.5 Å². The maximum atomic E-state index is 12.0. The van der Waals surface area contributed by atoms with E-state index in [0.29, 0.717) is 5.92 Å². The zero-order valence-electron chi connectivity index (χ0n) is 19.0. The fraction of sp³-hybridized carbons (Fsp3) is 0.783. The van der Waals surface area contributed by atoms with Gasteiger partial charge in [-0.1, -0.05) is 67.9 Å². The molecule has 0 rings (SSSR count). The molecule has 1 N–H and O–H groups in total. The van der Waals surface area contributed by atoms with Gasteiger partial charge in [-0.15, -0.1) is 0 Å². The van der Waals surface area contributed by atoms with Crippen molar-refractivity contribution in [2.75, 3.05) is 6.61 Å². The Balaban J connectivity index is 4.55. The van der Waals surface area contributed by atoms with Gasteiger partial charge in [0.1, 0.15) is 0 Å². The normalized spacial score (nSPS) is 14.2. The molecule has 0 aliphatic carbocycles. The van der Waals surface area contributed by atoms with E-state index in [0.717, 1.165) is 25.9 Å². The second kappa shape index (κ2) is 10.2. The predicted octanol–water partition coefficient (Wildman–Crippen LogP) is 6.46. The molecule has 0 aromatic heterocycles. The highest BCUT2D eigenvalue weighted by Gasteiger charge is 2.27. The number of ether oxygens (including phenoxy) is 1. The number of amides is 1. The molecule has 3 heteroatoms. The first-order valence-electron chi connectivity index (χ1n) is 9.92. The molecule has 0 saturated carbocycles. The summed E-state index contributed by atoms with van der Waals surface area (Å²) >= 11 is 0. The van der Waals surface area contributed by atoms with Crippen LogP contribution in [-0.4, -0.2) is 12.5 Å². The van der Waals surface area contributed by atoms with Crippen molar-refractivity contribution in [1.82, 2.24) is 5.32 Å². The first kappa shape index (κ1) is 24.8. The van der Waals surface area contributed by atoms with Crippen molar-refractivity contribution in [3.05, 3.63) is 24.1 Å². The highest BCUT2D eigenvalue weighted by molar-refractivity contribution is 5.82. The monoisotopic (exact) mass is 365 g/mol. The van der Waals surface area contributed by atoms with Gasteiger partial charge in [-0.25, -0.2) is 0 Å². The Labute approximate surface area is 162 Å². The van der Waals surface area contributed by atoms with Crippen LogP contribution in [0.2, 0.25) is 0 Å². The molecule has 3 nitrogen and oxygen atoms in total. The lowest BCUT2D eigenvalue weighted by atomic mass is 9.76. The number of hydrogen-bond donors (Lipinski definition) is 1. The number of hydrogen-bond acceptors (Lipinski definition) is 2. The van der Waals surface area contributed by atoms with Crippen LogP contribution in [0.4, 0.5) is 0 Å². The van der Waals surface area contributed by atoms with E-state index in [4.69, 9.17) is 4.74 Å². The van der Waals surface area contributed by atoms with Gasteiger partial charge < -0.3 is 10.1 Å². The van der Waals surface area contributed by atoms with Gasteiger partial charge in [0.15, 0.2) is 0 Å². The van der Waals surface area contributed by atoms with Crippen molar-refractivity contribution in [2.45, 2.75) is 88.5 Å². The highest BCUT2D eigenvalue weighted by atomic mass is 16.5. The topological polar surface area (TPSA) is 38.3 Å². The molecular weight excluding hydrogens is 322 g/mol. The van der Waals surface area contributed by atoms with Crippen LogP contribution >= 0.6 is 0 Å². The third kappa shape index (κ3) is 10.7. The summed E-state index contributed by atoms with van der Waals surface area (Å²) in [5.74, 6) is 0.715. The van der Waals surface area contributed by atoms with E-state index in [9.17, 15) is 4.79 Å². The number of allylic oxidation sites excluding steroid dienone is 2. The number of carbonyl (C=O) groups excluding carboxylic acids is 1. The Morgan fingerprint density at radius 2 is 1.62 bits per heavy atom. The molecular formula is C23H43NO2. The molecule has 152 valence electrons. The molecule has 0 spiro atoms. The average molecular weight is 366 g/mol. The zero-order valence-corrected chi connectivity index (χ0v) is 19.0. The third-order valence-electron chi connectivity index (χ3n) is 4.87. The van der Waals surface area contributed by atoms with Crippen LogP contribution in [-0.2, 0) is 9.53 Å². The Morgan fingerprint density at radius 1 is 1.04 bits per heavy atom. The largest absolute Gasteiger partial charge is 0.501 e. The molecule has 0 fully saturated rings. The van der Waals surface area contributed by atoms with E-state index < -0.39 is 0 Å². The Bertz CT molecular complexity index is 491. The lowest BCUT2D eigenvalue weighted by molar-refractivity contribution is -0.127. The van der Waals surface area contributed by atoms with Gasteiger partial charge in [0.25, 0.3) is 0 Å². The molecule has 0 bridgehead atoms. The fourth-order valence-corrected chi connectivity index (χ4v) is 2.18. The summed E-state index contributed by atoms with van der Waals surface area (Å²) in [5.41, 5.74) is 0.983. The Hall–Kier alpha value is -1.25. The molecule has 0 heterocycles. The van der Waals surface area contributed by atoms with Gasteiger partial charge in [0.2, 0.25) is 5.91 Å². The van der Waals surface area contributed by atoms with Crippen molar-refractivity contribution in [2.24, 2.45) is 22.2 Å². The summed E-state index contributed by atoms with van der Waals surface area (Å²) in [7, 11) is 0. The summed E-state index contributed by atoms with van der Waals surface area (Å²) < 4.78 is 5.74. The lowest BCUT2D eigenvalue weighted by Crippen LogP contribution is -2.32. The molecule has 0 aromatic rings. The van der Waals surface area contributed by atoms with Gasteiger partial charge in [-0.3, -0.25) is 4.79 Å². The zero-order chi connectivity index (χ0) is 20.6. The molecule has 1 amide bonds. The average Bonchev–Trinajstić information content (AvgIpc) is 2.48. The van der Waals surface area contributed by atoms with E-state index in [1.54, 1.807) is 0 Å². The fourth-order valence-electron chi connectivity index (χ4n) is 2.18. The molecule has 0 saturated heterocycles. The summed E-state index contributed by atoms with van der Waals surface area (Å²) in [5, 5.41) is 2.95. The van der Waals surface area contributed by atoms with Gasteiger partial charge in [-0.2, -0.15) is 0 Å². The SMILES string of the molecule is C/C(=C\NC(=O)C(C)(C)C)C(C)(C)CCC(C)(C)CO/C=C/CC(C)C. The van der Waals surface area contributed by atoms with Gasteiger partial charge in [0, 0.05) is 11.6 Å².